The quantitative estimate of drug-likeness (QED) is 0.534. The van der Waals surface area contributed by atoms with E-state index in [4.69, 9.17) is 11.6 Å². The SMILES string of the molecule is CC(C)=CC(=O)c1ccc(C)cc1Cl. The second kappa shape index (κ2) is 4.43. The van der Waals surface area contributed by atoms with Gasteiger partial charge in [0.25, 0.3) is 0 Å². The van der Waals surface area contributed by atoms with Crippen molar-refractivity contribution >= 4 is 17.4 Å². The average Bonchev–Trinajstić information content (AvgIpc) is 2.01. The van der Waals surface area contributed by atoms with Crippen LogP contribution in [0.3, 0.4) is 0 Å². The number of allylic oxidation sites excluding steroid dienone is 2. The Balaban J connectivity index is 3.08. The maximum Gasteiger partial charge on any atom is 0.187 e. The molecule has 0 aliphatic rings. The molecule has 0 radical (unpaired) electrons. The van der Waals surface area contributed by atoms with Crippen molar-refractivity contribution in [3.05, 3.63) is 46.0 Å². The van der Waals surface area contributed by atoms with Crippen LogP contribution in [0, 0.1) is 6.92 Å². The highest BCUT2D eigenvalue weighted by Crippen LogP contribution is 2.18. The van der Waals surface area contributed by atoms with Gasteiger partial charge >= 0.3 is 0 Å². The molecule has 0 amide bonds. The first kappa shape index (κ1) is 11.0. The Labute approximate surface area is 89.4 Å². The van der Waals surface area contributed by atoms with Gasteiger partial charge in [-0.2, -0.15) is 0 Å². The van der Waals surface area contributed by atoms with Crippen LogP contribution in [0.25, 0.3) is 0 Å². The van der Waals surface area contributed by atoms with Gasteiger partial charge in [0.1, 0.15) is 0 Å². The number of hydrogen-bond acceptors (Lipinski definition) is 1. The van der Waals surface area contributed by atoms with Crippen molar-refractivity contribution < 1.29 is 4.79 Å². The van der Waals surface area contributed by atoms with E-state index in [0.29, 0.717) is 10.6 Å². The monoisotopic (exact) mass is 208 g/mol. The highest BCUT2D eigenvalue weighted by Gasteiger charge is 2.07. The molecule has 0 saturated carbocycles. The van der Waals surface area contributed by atoms with Gasteiger partial charge in [0, 0.05) is 5.56 Å². The van der Waals surface area contributed by atoms with Crippen LogP contribution in [0.1, 0.15) is 29.8 Å². The van der Waals surface area contributed by atoms with Crippen LogP contribution in [0.4, 0.5) is 0 Å². The standard InChI is InChI=1S/C12H13ClO/c1-8(2)6-12(14)10-5-4-9(3)7-11(10)13/h4-7H,1-3H3. The second-order valence-electron chi connectivity index (χ2n) is 3.57. The van der Waals surface area contributed by atoms with Crippen LogP contribution in [0.5, 0.6) is 0 Å². The predicted molar refractivity (Wildman–Crippen MR) is 60.0 cm³/mol. The van der Waals surface area contributed by atoms with Gasteiger partial charge in [-0.3, -0.25) is 4.79 Å². The number of halogens is 1. The van der Waals surface area contributed by atoms with Gasteiger partial charge in [-0.25, -0.2) is 0 Å². The molecule has 14 heavy (non-hydrogen) atoms. The number of hydrogen-bond donors (Lipinski definition) is 0. The zero-order valence-electron chi connectivity index (χ0n) is 8.60. The molecular formula is C12H13ClO. The lowest BCUT2D eigenvalue weighted by Crippen LogP contribution is -1.96. The minimum atomic E-state index is -0.0324. The van der Waals surface area contributed by atoms with Crippen molar-refractivity contribution in [1.82, 2.24) is 0 Å². The molecule has 0 N–H and O–H groups in total. The smallest absolute Gasteiger partial charge is 0.187 e. The molecule has 1 rings (SSSR count). The minimum Gasteiger partial charge on any atom is -0.289 e. The molecule has 0 bridgehead atoms. The van der Waals surface area contributed by atoms with Crippen LogP contribution in [-0.4, -0.2) is 5.78 Å². The van der Waals surface area contributed by atoms with Crippen molar-refractivity contribution in [2.24, 2.45) is 0 Å². The number of ketones is 1. The van der Waals surface area contributed by atoms with Crippen molar-refractivity contribution in [3.63, 3.8) is 0 Å². The summed E-state index contributed by atoms with van der Waals surface area (Å²) in [5.74, 6) is -0.0324. The van der Waals surface area contributed by atoms with E-state index in [1.165, 1.54) is 0 Å². The van der Waals surface area contributed by atoms with E-state index in [0.717, 1.165) is 11.1 Å². The maximum absolute atomic E-state index is 11.6. The van der Waals surface area contributed by atoms with E-state index in [-0.39, 0.29) is 5.78 Å². The van der Waals surface area contributed by atoms with E-state index in [9.17, 15) is 4.79 Å². The van der Waals surface area contributed by atoms with Crippen molar-refractivity contribution in [2.75, 3.05) is 0 Å². The summed E-state index contributed by atoms with van der Waals surface area (Å²) in [6.45, 7) is 5.72. The van der Waals surface area contributed by atoms with E-state index in [1.54, 1.807) is 18.2 Å². The number of rotatable bonds is 2. The normalized spacial score (nSPS) is 9.71. The molecule has 1 aromatic rings. The van der Waals surface area contributed by atoms with Crippen LogP contribution < -0.4 is 0 Å². The Morgan fingerprint density at radius 2 is 2.00 bits per heavy atom. The molecule has 2 heteroatoms. The third kappa shape index (κ3) is 2.71. The van der Waals surface area contributed by atoms with Crippen molar-refractivity contribution in [1.29, 1.82) is 0 Å². The van der Waals surface area contributed by atoms with Crippen molar-refractivity contribution in [3.8, 4) is 0 Å². The molecule has 0 spiro atoms. The first-order valence-corrected chi connectivity index (χ1v) is 4.84. The maximum atomic E-state index is 11.6. The molecule has 0 fully saturated rings. The zero-order chi connectivity index (χ0) is 10.7. The van der Waals surface area contributed by atoms with E-state index in [1.807, 2.05) is 26.8 Å². The summed E-state index contributed by atoms with van der Waals surface area (Å²) < 4.78 is 0. The molecule has 1 nitrogen and oxygen atoms in total. The van der Waals surface area contributed by atoms with Gasteiger partial charge in [-0.05, 0) is 44.5 Å². The molecule has 0 aromatic heterocycles. The summed E-state index contributed by atoms with van der Waals surface area (Å²) in [6.07, 6.45) is 1.59. The molecule has 0 saturated heterocycles. The molecule has 0 aliphatic carbocycles. The summed E-state index contributed by atoms with van der Waals surface area (Å²) in [5, 5.41) is 0.521. The summed E-state index contributed by atoms with van der Waals surface area (Å²) in [7, 11) is 0. The molecular weight excluding hydrogens is 196 g/mol. The van der Waals surface area contributed by atoms with Crippen LogP contribution >= 0.6 is 11.6 Å². The molecule has 0 unspecified atom stereocenters. The van der Waals surface area contributed by atoms with Crippen molar-refractivity contribution in [2.45, 2.75) is 20.8 Å². The van der Waals surface area contributed by atoms with E-state index in [2.05, 4.69) is 0 Å². The molecule has 0 heterocycles. The number of benzene rings is 1. The van der Waals surface area contributed by atoms with Gasteiger partial charge in [-0.1, -0.05) is 23.2 Å². The summed E-state index contributed by atoms with van der Waals surface area (Å²) in [6, 6.07) is 5.45. The van der Waals surface area contributed by atoms with Crippen LogP contribution in [0.15, 0.2) is 29.8 Å². The fraction of sp³-hybridized carbons (Fsp3) is 0.250. The van der Waals surface area contributed by atoms with E-state index >= 15 is 0 Å². The lowest BCUT2D eigenvalue weighted by molar-refractivity contribution is 0.104. The fourth-order valence-electron chi connectivity index (χ4n) is 1.16. The zero-order valence-corrected chi connectivity index (χ0v) is 9.35. The molecule has 0 aliphatic heterocycles. The van der Waals surface area contributed by atoms with Crippen LogP contribution in [-0.2, 0) is 0 Å². The lowest BCUT2D eigenvalue weighted by atomic mass is 10.1. The summed E-state index contributed by atoms with van der Waals surface area (Å²) in [5.41, 5.74) is 2.61. The summed E-state index contributed by atoms with van der Waals surface area (Å²) in [4.78, 5) is 11.6. The first-order valence-electron chi connectivity index (χ1n) is 4.46. The average molecular weight is 209 g/mol. The van der Waals surface area contributed by atoms with Gasteiger partial charge in [0.15, 0.2) is 5.78 Å². The Morgan fingerprint density at radius 1 is 1.36 bits per heavy atom. The predicted octanol–water partition coefficient (Wildman–Crippen LogP) is 3.80. The van der Waals surface area contributed by atoms with Gasteiger partial charge in [0.05, 0.1) is 5.02 Å². The number of carbonyl (C=O) groups excluding carboxylic acids is 1. The fourth-order valence-corrected chi connectivity index (χ4v) is 1.49. The van der Waals surface area contributed by atoms with Gasteiger partial charge < -0.3 is 0 Å². The highest BCUT2D eigenvalue weighted by atomic mass is 35.5. The third-order valence-corrected chi connectivity index (χ3v) is 2.12. The van der Waals surface area contributed by atoms with Gasteiger partial charge in [-0.15, -0.1) is 0 Å². The minimum absolute atomic E-state index is 0.0324. The molecule has 74 valence electrons. The lowest BCUT2D eigenvalue weighted by Gasteiger charge is -2.01. The first-order chi connectivity index (χ1) is 6.50. The third-order valence-electron chi connectivity index (χ3n) is 1.81. The largest absolute Gasteiger partial charge is 0.289 e. The number of carbonyl (C=O) groups is 1. The second-order valence-corrected chi connectivity index (χ2v) is 3.98. The summed E-state index contributed by atoms with van der Waals surface area (Å²) >= 11 is 5.96. The Hall–Kier alpha value is -1.08. The topological polar surface area (TPSA) is 17.1 Å². The Morgan fingerprint density at radius 3 is 2.50 bits per heavy atom. The van der Waals surface area contributed by atoms with E-state index < -0.39 is 0 Å². The van der Waals surface area contributed by atoms with Gasteiger partial charge in [0.2, 0.25) is 0 Å². The Kier molecular flexibility index (Phi) is 3.48. The number of aryl methyl sites for hydroxylation is 1. The Bertz CT molecular complexity index is 387. The van der Waals surface area contributed by atoms with Crippen LogP contribution in [0.2, 0.25) is 5.02 Å². The molecule has 1 aromatic carbocycles. The molecule has 0 atom stereocenters. The highest BCUT2D eigenvalue weighted by molar-refractivity contribution is 6.34.